The van der Waals surface area contributed by atoms with E-state index >= 15 is 0 Å². The molecule has 108 valence electrons. The fourth-order valence-corrected chi connectivity index (χ4v) is 3.46. The van der Waals surface area contributed by atoms with Crippen LogP contribution >= 0.6 is 11.3 Å². The van der Waals surface area contributed by atoms with E-state index in [1.54, 1.807) is 11.3 Å². The Morgan fingerprint density at radius 3 is 2.77 bits per heavy atom. The lowest BCUT2D eigenvalue weighted by Gasteiger charge is -1.99. The molecule has 1 aromatic carbocycles. The minimum Gasteiger partial charge on any atom is -0.233 e. The maximum Gasteiger partial charge on any atom is 0.163 e. The van der Waals surface area contributed by atoms with E-state index in [2.05, 4.69) is 47.7 Å². The number of aryl methyl sites for hydroxylation is 1. The lowest BCUT2D eigenvalue weighted by atomic mass is 10.1. The Morgan fingerprint density at radius 2 is 1.95 bits per heavy atom. The van der Waals surface area contributed by atoms with Gasteiger partial charge in [0.15, 0.2) is 5.65 Å². The third kappa shape index (κ3) is 2.22. The van der Waals surface area contributed by atoms with Crippen molar-refractivity contribution in [2.75, 3.05) is 0 Å². The molecule has 0 saturated heterocycles. The Balaban J connectivity index is 1.81. The largest absolute Gasteiger partial charge is 0.233 e. The molecule has 0 fully saturated rings. The zero-order chi connectivity index (χ0) is 14.9. The molecule has 3 aromatic heterocycles. The van der Waals surface area contributed by atoms with Gasteiger partial charge in [0.1, 0.15) is 0 Å². The van der Waals surface area contributed by atoms with Gasteiger partial charge in [0, 0.05) is 16.8 Å². The monoisotopic (exact) mass is 305 g/mol. The zero-order valence-electron chi connectivity index (χ0n) is 12.2. The molecular weight excluding hydrogens is 290 g/mol. The molecule has 3 heterocycles. The number of benzene rings is 1. The third-order valence-electron chi connectivity index (χ3n) is 3.76. The summed E-state index contributed by atoms with van der Waals surface area (Å²) >= 11 is 1.74. The summed E-state index contributed by atoms with van der Waals surface area (Å²) < 4.78 is 1.84. The van der Waals surface area contributed by atoms with Crippen LogP contribution in [-0.4, -0.2) is 14.6 Å². The first-order chi connectivity index (χ1) is 10.8. The molecule has 22 heavy (non-hydrogen) atoms. The first kappa shape index (κ1) is 13.2. The maximum atomic E-state index is 4.72. The van der Waals surface area contributed by atoms with Crippen LogP contribution in [0.1, 0.15) is 12.6 Å². The number of thiophene rings is 1. The van der Waals surface area contributed by atoms with Crippen molar-refractivity contribution in [1.29, 1.82) is 0 Å². The van der Waals surface area contributed by atoms with Crippen LogP contribution in [0.4, 0.5) is 0 Å². The van der Waals surface area contributed by atoms with E-state index in [-0.39, 0.29) is 0 Å². The minimum absolute atomic E-state index is 0.931. The number of nitrogens with zero attached hydrogens (tertiary/aromatic N) is 3. The molecule has 0 amide bonds. The highest BCUT2D eigenvalue weighted by Crippen LogP contribution is 2.34. The van der Waals surface area contributed by atoms with Crippen LogP contribution in [0.15, 0.2) is 60.2 Å². The maximum absolute atomic E-state index is 4.72. The summed E-state index contributed by atoms with van der Waals surface area (Å²) in [4.78, 5) is 5.92. The normalized spacial score (nSPS) is 11.1. The molecule has 0 atom stereocenters. The van der Waals surface area contributed by atoms with E-state index < -0.39 is 0 Å². The van der Waals surface area contributed by atoms with E-state index in [9.17, 15) is 0 Å². The smallest absolute Gasteiger partial charge is 0.163 e. The first-order valence-electron chi connectivity index (χ1n) is 7.33. The van der Waals surface area contributed by atoms with Gasteiger partial charge < -0.3 is 0 Å². The summed E-state index contributed by atoms with van der Waals surface area (Å²) in [5.74, 6) is 0. The van der Waals surface area contributed by atoms with Gasteiger partial charge in [-0.2, -0.15) is 5.10 Å². The fraction of sp³-hybridized carbons (Fsp3) is 0.111. The second-order valence-corrected chi connectivity index (χ2v) is 6.08. The lowest BCUT2D eigenvalue weighted by Crippen LogP contribution is -1.93. The average Bonchev–Trinajstić information content (AvgIpc) is 3.21. The minimum atomic E-state index is 0.931. The Kier molecular flexibility index (Phi) is 3.24. The number of hydrogen-bond acceptors (Lipinski definition) is 3. The number of hydrogen-bond donors (Lipinski definition) is 0. The molecule has 0 bridgehead atoms. The quantitative estimate of drug-likeness (QED) is 0.550. The SMILES string of the molecule is CCc1ccn2ncc(-c3cc(-c4ccccc4)cs3)c2n1. The van der Waals surface area contributed by atoms with Gasteiger partial charge in [0.25, 0.3) is 0 Å². The Bertz CT molecular complexity index is 922. The molecule has 0 aliphatic heterocycles. The molecule has 0 aliphatic carbocycles. The van der Waals surface area contributed by atoms with Gasteiger partial charge in [-0.15, -0.1) is 11.3 Å². The molecular formula is C18H15N3S. The van der Waals surface area contributed by atoms with E-state index in [0.717, 1.165) is 23.3 Å². The van der Waals surface area contributed by atoms with Gasteiger partial charge in [0.2, 0.25) is 0 Å². The standard InChI is InChI=1S/C18H15N3S/c1-2-15-8-9-21-18(20-15)16(11-19-21)17-10-14(12-22-17)13-6-4-3-5-7-13/h3-12H,2H2,1H3. The van der Waals surface area contributed by atoms with Crippen LogP contribution in [0.2, 0.25) is 0 Å². The number of fused-ring (bicyclic) bond motifs is 1. The van der Waals surface area contributed by atoms with Gasteiger partial charge in [0.05, 0.1) is 11.8 Å². The molecule has 0 N–H and O–H groups in total. The van der Waals surface area contributed by atoms with Crippen molar-refractivity contribution in [1.82, 2.24) is 14.6 Å². The Labute approximate surface area is 132 Å². The van der Waals surface area contributed by atoms with Crippen molar-refractivity contribution in [3.05, 3.63) is 65.9 Å². The van der Waals surface area contributed by atoms with Crippen molar-refractivity contribution in [2.24, 2.45) is 0 Å². The van der Waals surface area contributed by atoms with Crippen LogP contribution in [-0.2, 0) is 6.42 Å². The van der Waals surface area contributed by atoms with Crippen molar-refractivity contribution in [3.8, 4) is 21.6 Å². The van der Waals surface area contributed by atoms with E-state index in [0.29, 0.717) is 0 Å². The Morgan fingerprint density at radius 1 is 1.09 bits per heavy atom. The van der Waals surface area contributed by atoms with Gasteiger partial charge in [-0.25, -0.2) is 9.50 Å². The van der Waals surface area contributed by atoms with Crippen molar-refractivity contribution < 1.29 is 0 Å². The number of aromatic nitrogens is 3. The molecule has 0 radical (unpaired) electrons. The second-order valence-electron chi connectivity index (χ2n) is 5.16. The molecule has 4 heteroatoms. The summed E-state index contributed by atoms with van der Waals surface area (Å²) in [7, 11) is 0. The summed E-state index contributed by atoms with van der Waals surface area (Å²) in [6.07, 6.45) is 4.82. The highest BCUT2D eigenvalue weighted by atomic mass is 32.1. The van der Waals surface area contributed by atoms with Crippen LogP contribution in [0, 0.1) is 0 Å². The van der Waals surface area contributed by atoms with Gasteiger partial charge in [-0.1, -0.05) is 37.3 Å². The molecule has 4 aromatic rings. The molecule has 0 unspecified atom stereocenters. The van der Waals surface area contributed by atoms with Crippen LogP contribution in [0.3, 0.4) is 0 Å². The molecule has 3 nitrogen and oxygen atoms in total. The van der Waals surface area contributed by atoms with Crippen molar-refractivity contribution >= 4 is 17.0 Å². The van der Waals surface area contributed by atoms with Gasteiger partial charge in [-0.05, 0) is 35.1 Å². The van der Waals surface area contributed by atoms with Crippen LogP contribution < -0.4 is 0 Å². The highest BCUT2D eigenvalue weighted by Gasteiger charge is 2.11. The molecule has 0 aliphatic rings. The molecule has 0 spiro atoms. The summed E-state index contributed by atoms with van der Waals surface area (Å²) in [5, 5.41) is 6.61. The van der Waals surface area contributed by atoms with Gasteiger partial charge >= 0.3 is 0 Å². The average molecular weight is 305 g/mol. The zero-order valence-corrected chi connectivity index (χ0v) is 13.0. The van der Waals surface area contributed by atoms with E-state index in [1.807, 2.05) is 29.0 Å². The highest BCUT2D eigenvalue weighted by molar-refractivity contribution is 7.14. The predicted molar refractivity (Wildman–Crippen MR) is 91.1 cm³/mol. The third-order valence-corrected chi connectivity index (χ3v) is 4.72. The number of rotatable bonds is 3. The van der Waals surface area contributed by atoms with E-state index in [4.69, 9.17) is 4.98 Å². The summed E-state index contributed by atoms with van der Waals surface area (Å²) in [6, 6.07) is 14.7. The lowest BCUT2D eigenvalue weighted by molar-refractivity contribution is 0.912. The first-order valence-corrected chi connectivity index (χ1v) is 8.20. The summed E-state index contributed by atoms with van der Waals surface area (Å²) in [5.41, 5.74) is 5.60. The summed E-state index contributed by atoms with van der Waals surface area (Å²) in [6.45, 7) is 2.12. The van der Waals surface area contributed by atoms with Gasteiger partial charge in [-0.3, -0.25) is 0 Å². The molecule has 0 saturated carbocycles. The fourth-order valence-electron chi connectivity index (χ4n) is 2.54. The Hall–Kier alpha value is -2.46. The van der Waals surface area contributed by atoms with Crippen molar-refractivity contribution in [2.45, 2.75) is 13.3 Å². The van der Waals surface area contributed by atoms with Crippen LogP contribution in [0.5, 0.6) is 0 Å². The molecule has 4 rings (SSSR count). The van der Waals surface area contributed by atoms with Crippen LogP contribution in [0.25, 0.3) is 27.2 Å². The van der Waals surface area contributed by atoms with Crippen molar-refractivity contribution in [3.63, 3.8) is 0 Å². The second kappa shape index (κ2) is 5.39. The van der Waals surface area contributed by atoms with E-state index in [1.165, 1.54) is 16.0 Å². The predicted octanol–water partition coefficient (Wildman–Crippen LogP) is 4.69. The topological polar surface area (TPSA) is 30.2 Å².